The molecule has 1 heterocycles. The molecule has 2 aromatic carbocycles. The van der Waals surface area contributed by atoms with E-state index < -0.39 is 15.9 Å². The van der Waals surface area contributed by atoms with E-state index in [9.17, 15) is 17.6 Å². The van der Waals surface area contributed by atoms with Crippen LogP contribution in [0.2, 0.25) is 0 Å². The van der Waals surface area contributed by atoms with Crippen LogP contribution in [0.1, 0.15) is 26.5 Å². The molecule has 0 aliphatic carbocycles. The highest BCUT2D eigenvalue weighted by molar-refractivity contribution is 7.89. The minimum absolute atomic E-state index is 0.0975. The number of amides is 1. The molecule has 0 bridgehead atoms. The standard InChI is InChI=1S/C21H22FN3O3S2/c1-15-19(20(26)24-30(2,27)28)23-21(29-15)25(14-17-6-4-3-5-7-17)13-12-16-8-10-18(22)11-9-16/h3-11H,12-14H2,1-2H3,(H,24,26). The summed E-state index contributed by atoms with van der Waals surface area (Å²) in [5.41, 5.74) is 2.16. The fraction of sp³-hybridized carbons (Fsp3) is 0.238. The van der Waals surface area contributed by atoms with Gasteiger partial charge in [0.25, 0.3) is 5.91 Å². The number of carbonyl (C=O) groups is 1. The Bertz CT molecular complexity index is 1110. The third-order valence-electron chi connectivity index (χ3n) is 4.35. The van der Waals surface area contributed by atoms with E-state index in [1.807, 2.05) is 40.0 Å². The summed E-state index contributed by atoms with van der Waals surface area (Å²) in [6.45, 7) is 2.90. The van der Waals surface area contributed by atoms with Crippen molar-refractivity contribution in [1.29, 1.82) is 0 Å². The molecule has 0 radical (unpaired) electrons. The highest BCUT2D eigenvalue weighted by Gasteiger charge is 2.21. The monoisotopic (exact) mass is 447 g/mol. The Balaban J connectivity index is 1.84. The van der Waals surface area contributed by atoms with Crippen molar-refractivity contribution in [2.75, 3.05) is 17.7 Å². The Labute approximate surface area is 179 Å². The third-order valence-corrected chi connectivity index (χ3v) is 5.94. The number of benzene rings is 2. The van der Waals surface area contributed by atoms with Crippen LogP contribution in [0.4, 0.5) is 9.52 Å². The number of anilines is 1. The zero-order valence-electron chi connectivity index (χ0n) is 16.6. The third kappa shape index (κ3) is 6.11. The second-order valence-corrected chi connectivity index (χ2v) is 9.82. The van der Waals surface area contributed by atoms with Gasteiger partial charge in [-0.1, -0.05) is 42.5 Å². The molecule has 0 aliphatic rings. The van der Waals surface area contributed by atoms with Crippen LogP contribution in [0.25, 0.3) is 0 Å². The lowest BCUT2D eigenvalue weighted by molar-refractivity contribution is 0.0977. The van der Waals surface area contributed by atoms with E-state index in [0.29, 0.717) is 29.5 Å². The average molecular weight is 448 g/mol. The molecule has 158 valence electrons. The molecular formula is C21H22FN3O3S2. The SMILES string of the molecule is Cc1sc(N(CCc2ccc(F)cc2)Cc2ccccc2)nc1C(=O)NS(C)(=O)=O. The van der Waals surface area contributed by atoms with Gasteiger partial charge in [-0.3, -0.25) is 4.79 Å². The smallest absolute Gasteiger partial charge is 0.284 e. The van der Waals surface area contributed by atoms with E-state index in [1.54, 1.807) is 19.1 Å². The number of sulfonamides is 1. The number of nitrogens with one attached hydrogen (secondary N) is 1. The van der Waals surface area contributed by atoms with Crippen LogP contribution in [0, 0.1) is 12.7 Å². The van der Waals surface area contributed by atoms with Gasteiger partial charge >= 0.3 is 0 Å². The van der Waals surface area contributed by atoms with Gasteiger partial charge in [0, 0.05) is 18.0 Å². The molecule has 0 spiro atoms. The van der Waals surface area contributed by atoms with E-state index in [4.69, 9.17) is 0 Å². The number of aryl methyl sites for hydroxylation is 1. The number of rotatable bonds is 8. The minimum atomic E-state index is -3.68. The van der Waals surface area contributed by atoms with Crippen LogP contribution in [-0.2, 0) is 23.0 Å². The van der Waals surface area contributed by atoms with Gasteiger partial charge in [-0.05, 0) is 36.6 Å². The number of hydrogen-bond donors (Lipinski definition) is 1. The summed E-state index contributed by atoms with van der Waals surface area (Å²) < 4.78 is 37.9. The Hall–Kier alpha value is -2.78. The molecule has 1 aromatic heterocycles. The van der Waals surface area contributed by atoms with Crippen molar-refractivity contribution in [1.82, 2.24) is 9.71 Å². The number of nitrogens with zero attached hydrogens (tertiary/aromatic N) is 2. The summed E-state index contributed by atoms with van der Waals surface area (Å²) in [5, 5.41) is 0.622. The van der Waals surface area contributed by atoms with Crippen LogP contribution in [-0.4, -0.2) is 32.1 Å². The molecule has 3 aromatic rings. The van der Waals surface area contributed by atoms with Crippen LogP contribution < -0.4 is 9.62 Å². The summed E-state index contributed by atoms with van der Waals surface area (Å²) in [4.78, 5) is 19.4. The second kappa shape index (κ2) is 9.36. The van der Waals surface area contributed by atoms with Crippen molar-refractivity contribution < 1.29 is 17.6 Å². The summed E-state index contributed by atoms with van der Waals surface area (Å²) in [5.74, 6) is -1.02. The number of halogens is 1. The summed E-state index contributed by atoms with van der Waals surface area (Å²) in [6.07, 6.45) is 1.59. The van der Waals surface area contributed by atoms with Crippen molar-refractivity contribution in [3.05, 3.63) is 82.1 Å². The Kier molecular flexibility index (Phi) is 6.84. The Morgan fingerprint density at radius 1 is 1.10 bits per heavy atom. The summed E-state index contributed by atoms with van der Waals surface area (Å²) >= 11 is 1.33. The van der Waals surface area contributed by atoms with Gasteiger partial charge in [0.1, 0.15) is 11.5 Å². The van der Waals surface area contributed by atoms with Gasteiger partial charge in [0.2, 0.25) is 10.0 Å². The number of aromatic nitrogens is 1. The van der Waals surface area contributed by atoms with E-state index in [2.05, 4.69) is 4.98 Å². The highest BCUT2D eigenvalue weighted by atomic mass is 32.2. The molecule has 0 atom stereocenters. The fourth-order valence-electron chi connectivity index (χ4n) is 2.91. The molecule has 3 rings (SSSR count). The first-order valence-corrected chi connectivity index (χ1v) is 11.9. The number of carbonyl (C=O) groups excluding carboxylic acids is 1. The second-order valence-electron chi connectivity index (χ2n) is 6.89. The Morgan fingerprint density at radius 2 is 1.77 bits per heavy atom. The molecule has 0 unspecified atom stereocenters. The lowest BCUT2D eigenvalue weighted by atomic mass is 10.1. The fourth-order valence-corrected chi connectivity index (χ4v) is 4.27. The van der Waals surface area contributed by atoms with Crippen molar-refractivity contribution in [3.8, 4) is 0 Å². The largest absolute Gasteiger partial charge is 0.343 e. The number of thiazole rings is 1. The van der Waals surface area contributed by atoms with E-state index in [0.717, 1.165) is 17.4 Å². The van der Waals surface area contributed by atoms with E-state index in [-0.39, 0.29) is 11.5 Å². The summed E-state index contributed by atoms with van der Waals surface area (Å²) in [6, 6.07) is 16.2. The molecule has 1 amide bonds. The number of hydrogen-bond acceptors (Lipinski definition) is 6. The average Bonchev–Trinajstić information content (AvgIpc) is 3.08. The van der Waals surface area contributed by atoms with Gasteiger partial charge in [0.05, 0.1) is 6.26 Å². The molecule has 30 heavy (non-hydrogen) atoms. The highest BCUT2D eigenvalue weighted by Crippen LogP contribution is 2.27. The van der Waals surface area contributed by atoms with Gasteiger partial charge in [-0.25, -0.2) is 22.5 Å². The summed E-state index contributed by atoms with van der Waals surface area (Å²) in [7, 11) is -3.68. The van der Waals surface area contributed by atoms with Crippen LogP contribution in [0.3, 0.4) is 0 Å². The lowest BCUT2D eigenvalue weighted by Gasteiger charge is -2.22. The van der Waals surface area contributed by atoms with Gasteiger partial charge < -0.3 is 4.90 Å². The maximum atomic E-state index is 13.2. The molecule has 0 aliphatic heterocycles. The van der Waals surface area contributed by atoms with Gasteiger partial charge in [-0.2, -0.15) is 0 Å². The zero-order valence-corrected chi connectivity index (χ0v) is 18.3. The van der Waals surface area contributed by atoms with E-state index >= 15 is 0 Å². The van der Waals surface area contributed by atoms with Crippen molar-refractivity contribution in [3.63, 3.8) is 0 Å². The normalized spacial score (nSPS) is 11.3. The maximum Gasteiger partial charge on any atom is 0.284 e. The predicted octanol–water partition coefficient (Wildman–Crippen LogP) is 3.53. The first-order chi connectivity index (χ1) is 14.2. The maximum absolute atomic E-state index is 13.2. The molecular weight excluding hydrogens is 425 g/mol. The Morgan fingerprint density at radius 3 is 2.40 bits per heavy atom. The van der Waals surface area contributed by atoms with Crippen LogP contribution in [0.15, 0.2) is 54.6 Å². The van der Waals surface area contributed by atoms with Crippen LogP contribution >= 0.6 is 11.3 Å². The molecule has 6 nitrogen and oxygen atoms in total. The van der Waals surface area contributed by atoms with Gasteiger partial charge in [0.15, 0.2) is 5.13 Å². The van der Waals surface area contributed by atoms with Crippen molar-refractivity contribution in [2.24, 2.45) is 0 Å². The molecule has 0 saturated carbocycles. The first-order valence-electron chi connectivity index (χ1n) is 9.24. The molecule has 1 N–H and O–H groups in total. The minimum Gasteiger partial charge on any atom is -0.343 e. The molecule has 9 heteroatoms. The lowest BCUT2D eigenvalue weighted by Crippen LogP contribution is -2.30. The zero-order chi connectivity index (χ0) is 21.7. The van der Waals surface area contributed by atoms with Gasteiger partial charge in [-0.15, -0.1) is 11.3 Å². The van der Waals surface area contributed by atoms with E-state index in [1.165, 1.54) is 23.5 Å². The quantitative estimate of drug-likeness (QED) is 0.572. The predicted molar refractivity (Wildman–Crippen MR) is 117 cm³/mol. The topological polar surface area (TPSA) is 79.4 Å². The van der Waals surface area contributed by atoms with Crippen molar-refractivity contribution >= 4 is 32.4 Å². The first kappa shape index (κ1) is 21.9. The molecule has 0 fully saturated rings. The molecule has 0 saturated heterocycles. The van der Waals surface area contributed by atoms with Crippen molar-refractivity contribution in [2.45, 2.75) is 19.9 Å². The van der Waals surface area contributed by atoms with Crippen LogP contribution in [0.5, 0.6) is 0 Å².